The molecule has 3 aromatic carbocycles. The molecule has 0 radical (unpaired) electrons. The van der Waals surface area contributed by atoms with Crippen molar-refractivity contribution in [2.75, 3.05) is 0 Å². The zero-order valence-corrected chi connectivity index (χ0v) is 11.1. The lowest BCUT2D eigenvalue weighted by Crippen LogP contribution is -2.23. The lowest BCUT2D eigenvalue weighted by atomic mass is 9.93. The van der Waals surface area contributed by atoms with Gasteiger partial charge in [-0.05, 0) is 28.8 Å². The van der Waals surface area contributed by atoms with Crippen molar-refractivity contribution in [3.8, 4) is 11.1 Å². The van der Waals surface area contributed by atoms with Crippen LogP contribution in [-0.2, 0) is 0 Å². The summed E-state index contributed by atoms with van der Waals surface area (Å²) in [6.07, 6.45) is 0. The number of aromatic carboxylic acids is 1. The van der Waals surface area contributed by atoms with Crippen LogP contribution in [-0.4, -0.2) is 5.97 Å². The first-order valence-corrected chi connectivity index (χ1v) is 6.47. The Morgan fingerprint density at radius 2 is 1.60 bits per heavy atom. The Hall–Kier alpha value is -2.61. The van der Waals surface area contributed by atoms with Crippen LogP contribution in [0, 0.1) is 6.92 Å². The van der Waals surface area contributed by atoms with Crippen LogP contribution in [0.1, 0.15) is 15.9 Å². The minimum Gasteiger partial charge on any atom is -0.545 e. The van der Waals surface area contributed by atoms with E-state index in [1.807, 2.05) is 61.5 Å². The fraction of sp³-hybridized carbons (Fsp3) is 0.0556. The first kappa shape index (κ1) is 12.4. The second-order valence-electron chi connectivity index (χ2n) is 4.86. The van der Waals surface area contributed by atoms with Crippen LogP contribution in [0.5, 0.6) is 0 Å². The third-order valence-corrected chi connectivity index (χ3v) is 3.49. The predicted molar refractivity (Wildman–Crippen MR) is 78.5 cm³/mol. The van der Waals surface area contributed by atoms with Gasteiger partial charge in [0, 0.05) is 5.56 Å². The monoisotopic (exact) mass is 261 g/mol. The van der Waals surface area contributed by atoms with Crippen LogP contribution >= 0.6 is 0 Å². The number of rotatable bonds is 2. The highest BCUT2D eigenvalue weighted by Gasteiger charge is 2.10. The first-order chi connectivity index (χ1) is 9.66. The molecule has 0 fully saturated rings. The van der Waals surface area contributed by atoms with Gasteiger partial charge in [0.1, 0.15) is 0 Å². The van der Waals surface area contributed by atoms with Crippen LogP contribution in [0.15, 0.2) is 60.7 Å². The molecule has 0 N–H and O–H groups in total. The number of hydrogen-bond acceptors (Lipinski definition) is 2. The fourth-order valence-electron chi connectivity index (χ4n) is 2.47. The van der Waals surface area contributed by atoms with Gasteiger partial charge < -0.3 is 9.90 Å². The molecule has 2 nitrogen and oxygen atoms in total. The van der Waals surface area contributed by atoms with Crippen LogP contribution in [0.25, 0.3) is 21.9 Å². The smallest absolute Gasteiger partial charge is 0.0721 e. The van der Waals surface area contributed by atoms with Gasteiger partial charge in [-0.1, -0.05) is 66.2 Å². The molecule has 0 bridgehead atoms. The molecule has 0 aliphatic rings. The summed E-state index contributed by atoms with van der Waals surface area (Å²) in [6, 6.07) is 19.1. The third kappa shape index (κ3) is 2.05. The first-order valence-electron chi connectivity index (χ1n) is 6.47. The molecular weight excluding hydrogens is 248 g/mol. The molecule has 2 heteroatoms. The Morgan fingerprint density at radius 3 is 2.30 bits per heavy atom. The SMILES string of the molecule is Cc1ccc(-c2c(C(=O)[O-])ccc3ccccc23)cc1. The fourth-order valence-corrected chi connectivity index (χ4v) is 2.47. The van der Waals surface area contributed by atoms with E-state index in [9.17, 15) is 9.90 Å². The lowest BCUT2D eigenvalue weighted by Gasteiger charge is -2.14. The van der Waals surface area contributed by atoms with Crippen molar-refractivity contribution in [1.29, 1.82) is 0 Å². The van der Waals surface area contributed by atoms with E-state index in [4.69, 9.17) is 0 Å². The number of hydrogen-bond donors (Lipinski definition) is 0. The maximum Gasteiger partial charge on any atom is 0.0721 e. The number of aryl methyl sites for hydroxylation is 1. The Kier molecular flexibility index (Phi) is 2.99. The quantitative estimate of drug-likeness (QED) is 0.710. The minimum atomic E-state index is -1.15. The van der Waals surface area contributed by atoms with Crippen molar-refractivity contribution in [1.82, 2.24) is 0 Å². The van der Waals surface area contributed by atoms with E-state index in [0.29, 0.717) is 0 Å². The number of carbonyl (C=O) groups excluding carboxylic acids is 1. The van der Waals surface area contributed by atoms with Crippen LogP contribution < -0.4 is 5.11 Å². The molecule has 0 saturated heterocycles. The highest BCUT2D eigenvalue weighted by Crippen LogP contribution is 2.32. The van der Waals surface area contributed by atoms with Crippen molar-refractivity contribution in [2.24, 2.45) is 0 Å². The topological polar surface area (TPSA) is 40.1 Å². The summed E-state index contributed by atoms with van der Waals surface area (Å²) >= 11 is 0. The predicted octanol–water partition coefficient (Wildman–Crippen LogP) is 3.18. The van der Waals surface area contributed by atoms with Crippen LogP contribution in [0.4, 0.5) is 0 Å². The molecule has 3 aromatic rings. The Morgan fingerprint density at radius 1 is 0.900 bits per heavy atom. The molecular formula is C18H13O2-. The number of benzene rings is 3. The maximum absolute atomic E-state index is 11.4. The van der Waals surface area contributed by atoms with E-state index in [0.717, 1.165) is 27.5 Å². The maximum atomic E-state index is 11.4. The van der Waals surface area contributed by atoms with Gasteiger partial charge in [-0.3, -0.25) is 0 Å². The van der Waals surface area contributed by atoms with Gasteiger partial charge in [-0.2, -0.15) is 0 Å². The average molecular weight is 261 g/mol. The molecule has 0 saturated carbocycles. The minimum absolute atomic E-state index is 0.229. The highest BCUT2D eigenvalue weighted by atomic mass is 16.4. The van der Waals surface area contributed by atoms with Gasteiger partial charge >= 0.3 is 0 Å². The second kappa shape index (κ2) is 4.82. The van der Waals surface area contributed by atoms with Gasteiger partial charge in [0.05, 0.1) is 5.97 Å². The second-order valence-corrected chi connectivity index (χ2v) is 4.86. The van der Waals surface area contributed by atoms with E-state index in [1.165, 1.54) is 0 Å². The van der Waals surface area contributed by atoms with Gasteiger partial charge in [-0.15, -0.1) is 0 Å². The summed E-state index contributed by atoms with van der Waals surface area (Å²) < 4.78 is 0. The van der Waals surface area contributed by atoms with Gasteiger partial charge in [0.2, 0.25) is 0 Å². The summed E-state index contributed by atoms with van der Waals surface area (Å²) in [4.78, 5) is 11.4. The van der Waals surface area contributed by atoms with Crippen LogP contribution in [0.3, 0.4) is 0 Å². The Bertz CT molecular complexity index is 786. The van der Waals surface area contributed by atoms with Crippen LogP contribution in [0.2, 0.25) is 0 Å². The molecule has 0 aromatic heterocycles. The normalized spacial score (nSPS) is 10.7. The Labute approximate surface area is 117 Å². The summed E-state index contributed by atoms with van der Waals surface area (Å²) in [5.41, 5.74) is 2.99. The van der Waals surface area contributed by atoms with Crippen molar-refractivity contribution >= 4 is 16.7 Å². The third-order valence-electron chi connectivity index (χ3n) is 3.49. The molecule has 0 atom stereocenters. The van der Waals surface area contributed by atoms with E-state index in [-0.39, 0.29) is 5.56 Å². The molecule has 0 spiro atoms. The molecule has 20 heavy (non-hydrogen) atoms. The van der Waals surface area contributed by atoms with Gasteiger partial charge in [0.25, 0.3) is 0 Å². The zero-order valence-electron chi connectivity index (χ0n) is 11.1. The standard InChI is InChI=1S/C18H14O2/c1-12-6-8-14(9-7-12)17-15-5-3-2-4-13(15)10-11-16(17)18(19)20/h2-11H,1H3,(H,19,20)/p-1. The van der Waals surface area contributed by atoms with Crippen molar-refractivity contribution < 1.29 is 9.90 Å². The average Bonchev–Trinajstić information content (AvgIpc) is 2.47. The summed E-state index contributed by atoms with van der Waals surface area (Å²) in [5, 5.41) is 13.3. The van der Waals surface area contributed by atoms with Crippen molar-refractivity contribution in [3.63, 3.8) is 0 Å². The summed E-state index contributed by atoms with van der Waals surface area (Å²) in [7, 11) is 0. The zero-order chi connectivity index (χ0) is 14.1. The van der Waals surface area contributed by atoms with Crippen molar-refractivity contribution in [2.45, 2.75) is 6.92 Å². The molecule has 98 valence electrons. The molecule has 0 unspecified atom stereocenters. The molecule has 0 heterocycles. The van der Waals surface area contributed by atoms with E-state index >= 15 is 0 Å². The van der Waals surface area contributed by atoms with E-state index in [1.54, 1.807) is 6.07 Å². The van der Waals surface area contributed by atoms with Crippen molar-refractivity contribution in [3.05, 3.63) is 71.8 Å². The van der Waals surface area contributed by atoms with Gasteiger partial charge in [-0.25, -0.2) is 0 Å². The number of carboxylic acid groups (broad SMARTS) is 1. The molecule has 3 rings (SSSR count). The summed E-state index contributed by atoms with van der Waals surface area (Å²) in [5.74, 6) is -1.15. The molecule has 0 amide bonds. The lowest BCUT2D eigenvalue weighted by molar-refractivity contribution is -0.254. The summed E-state index contributed by atoms with van der Waals surface area (Å²) in [6.45, 7) is 2.01. The highest BCUT2D eigenvalue weighted by molar-refractivity contribution is 6.07. The largest absolute Gasteiger partial charge is 0.545 e. The van der Waals surface area contributed by atoms with E-state index in [2.05, 4.69) is 0 Å². The number of fused-ring (bicyclic) bond motifs is 1. The molecule has 0 aliphatic carbocycles. The Balaban J connectivity index is 2.38. The number of carboxylic acids is 1. The van der Waals surface area contributed by atoms with E-state index < -0.39 is 5.97 Å². The number of carbonyl (C=O) groups is 1. The van der Waals surface area contributed by atoms with Gasteiger partial charge in [0.15, 0.2) is 0 Å². The molecule has 0 aliphatic heterocycles.